The van der Waals surface area contributed by atoms with E-state index in [1.54, 1.807) is 17.4 Å². The predicted molar refractivity (Wildman–Crippen MR) is 38.7 cm³/mol. The number of nitrogens with zero attached hydrogens (tertiary/aromatic N) is 2. The maximum atomic E-state index is 5.15. The Bertz CT molecular complexity index is 320. The number of rotatable bonds is 0. The van der Waals surface area contributed by atoms with Crippen molar-refractivity contribution in [2.75, 3.05) is 6.54 Å². The van der Waals surface area contributed by atoms with E-state index in [0.29, 0.717) is 18.3 Å². The summed E-state index contributed by atoms with van der Waals surface area (Å²) in [5, 5.41) is 6.67. The first-order chi connectivity index (χ1) is 5.95. The van der Waals surface area contributed by atoms with Gasteiger partial charge in [-0.05, 0) is 0 Å². The van der Waals surface area contributed by atoms with Crippen LogP contribution in [0.15, 0.2) is 28.8 Å². The second kappa shape index (κ2) is 1.92. The SMILES string of the molecule is C1=NOC2=CNC3=C(ONC3)N12. The molecule has 0 aromatic rings. The van der Waals surface area contributed by atoms with Crippen LogP contribution >= 0.6 is 0 Å². The van der Waals surface area contributed by atoms with Crippen molar-refractivity contribution in [3.05, 3.63) is 23.7 Å². The zero-order chi connectivity index (χ0) is 7.97. The van der Waals surface area contributed by atoms with E-state index in [2.05, 4.69) is 16.0 Å². The van der Waals surface area contributed by atoms with E-state index < -0.39 is 0 Å². The minimum atomic E-state index is 0.623. The monoisotopic (exact) mass is 166 g/mol. The van der Waals surface area contributed by atoms with Gasteiger partial charge < -0.3 is 15.0 Å². The Morgan fingerprint density at radius 3 is 3.58 bits per heavy atom. The summed E-state index contributed by atoms with van der Waals surface area (Å²) in [5.74, 6) is 1.33. The van der Waals surface area contributed by atoms with Gasteiger partial charge in [0.25, 0.3) is 5.88 Å². The van der Waals surface area contributed by atoms with Crippen LogP contribution in [-0.2, 0) is 9.68 Å². The van der Waals surface area contributed by atoms with Crippen molar-refractivity contribution >= 4 is 6.34 Å². The summed E-state index contributed by atoms with van der Waals surface area (Å²) in [6.07, 6.45) is 3.30. The fourth-order valence-electron chi connectivity index (χ4n) is 1.24. The lowest BCUT2D eigenvalue weighted by atomic mass is 10.4. The maximum absolute atomic E-state index is 5.15. The number of hydrogen-bond acceptors (Lipinski definition) is 6. The summed E-state index contributed by atoms with van der Waals surface area (Å²) in [6, 6.07) is 0. The molecule has 3 heterocycles. The van der Waals surface area contributed by atoms with Crippen molar-refractivity contribution in [3.8, 4) is 0 Å². The molecule has 2 N–H and O–H groups in total. The summed E-state index contributed by atoms with van der Waals surface area (Å²) in [7, 11) is 0. The third-order valence-corrected chi connectivity index (χ3v) is 1.81. The van der Waals surface area contributed by atoms with Crippen LogP contribution in [0.5, 0.6) is 0 Å². The first kappa shape index (κ1) is 5.90. The Kier molecular flexibility index (Phi) is 0.942. The van der Waals surface area contributed by atoms with Gasteiger partial charge in [0.15, 0.2) is 0 Å². The highest BCUT2D eigenvalue weighted by molar-refractivity contribution is 5.62. The fraction of sp³-hybridized carbons (Fsp3) is 0.167. The van der Waals surface area contributed by atoms with Crippen LogP contribution in [0.4, 0.5) is 0 Å². The lowest BCUT2D eigenvalue weighted by Crippen LogP contribution is -2.26. The van der Waals surface area contributed by atoms with Crippen molar-refractivity contribution in [1.29, 1.82) is 0 Å². The summed E-state index contributed by atoms with van der Waals surface area (Å²) >= 11 is 0. The highest BCUT2D eigenvalue weighted by Crippen LogP contribution is 2.25. The van der Waals surface area contributed by atoms with Gasteiger partial charge in [-0.2, -0.15) is 0 Å². The molecule has 6 heteroatoms. The molecule has 0 bridgehead atoms. The molecule has 0 aromatic carbocycles. The molecule has 3 aliphatic rings. The Morgan fingerprint density at radius 1 is 1.58 bits per heavy atom. The maximum Gasteiger partial charge on any atom is 0.254 e. The smallest absolute Gasteiger partial charge is 0.254 e. The van der Waals surface area contributed by atoms with Crippen LogP contribution in [0.25, 0.3) is 0 Å². The molecule has 12 heavy (non-hydrogen) atoms. The molecule has 0 amide bonds. The number of oxime groups is 1. The van der Waals surface area contributed by atoms with Gasteiger partial charge >= 0.3 is 0 Å². The largest absolute Gasteiger partial charge is 0.387 e. The summed E-state index contributed by atoms with van der Waals surface area (Å²) in [4.78, 5) is 11.8. The van der Waals surface area contributed by atoms with Gasteiger partial charge in [-0.1, -0.05) is 5.16 Å². The lowest BCUT2D eigenvalue weighted by molar-refractivity contribution is 0.0853. The van der Waals surface area contributed by atoms with Crippen molar-refractivity contribution < 1.29 is 9.68 Å². The average molecular weight is 166 g/mol. The van der Waals surface area contributed by atoms with Gasteiger partial charge in [0.2, 0.25) is 5.88 Å². The Labute approximate surface area is 68.1 Å². The minimum Gasteiger partial charge on any atom is -0.387 e. The molecule has 3 aliphatic heterocycles. The molecular formula is C6H6N4O2. The zero-order valence-electron chi connectivity index (χ0n) is 6.07. The number of hydrogen-bond donors (Lipinski definition) is 2. The van der Waals surface area contributed by atoms with Gasteiger partial charge in [-0.15, -0.1) is 5.48 Å². The molecule has 0 radical (unpaired) electrons. The first-order valence-electron chi connectivity index (χ1n) is 3.54. The van der Waals surface area contributed by atoms with Crippen molar-refractivity contribution in [1.82, 2.24) is 15.7 Å². The van der Waals surface area contributed by atoms with Crippen LogP contribution in [0.2, 0.25) is 0 Å². The highest BCUT2D eigenvalue weighted by atomic mass is 16.7. The fourth-order valence-corrected chi connectivity index (χ4v) is 1.24. The number of fused-ring (bicyclic) bond motifs is 2. The Balaban J connectivity index is 2.03. The van der Waals surface area contributed by atoms with E-state index in [9.17, 15) is 0 Å². The van der Waals surface area contributed by atoms with E-state index in [1.807, 2.05) is 0 Å². The molecule has 3 rings (SSSR count). The third kappa shape index (κ3) is 0.595. The topological polar surface area (TPSA) is 58.1 Å². The van der Waals surface area contributed by atoms with Crippen LogP contribution in [-0.4, -0.2) is 17.8 Å². The second-order valence-corrected chi connectivity index (χ2v) is 2.52. The third-order valence-electron chi connectivity index (χ3n) is 1.81. The number of nitrogens with one attached hydrogen (secondary N) is 2. The molecule has 0 aliphatic carbocycles. The van der Waals surface area contributed by atoms with E-state index in [0.717, 1.165) is 5.70 Å². The summed E-state index contributed by atoms with van der Waals surface area (Å²) in [5.41, 5.74) is 3.73. The van der Waals surface area contributed by atoms with Crippen molar-refractivity contribution in [2.45, 2.75) is 0 Å². The Hall–Kier alpha value is -1.69. The standard InChI is InChI=1S/C6H6N4O2/c1-4-6(12-8-1)10-3-9-11-5(10)2-7-4/h2-3,7-8H,1H2. The molecule has 0 saturated heterocycles. The van der Waals surface area contributed by atoms with Crippen molar-refractivity contribution in [2.24, 2.45) is 5.16 Å². The van der Waals surface area contributed by atoms with E-state index in [1.165, 1.54) is 0 Å². The number of hydroxylamine groups is 1. The molecule has 0 atom stereocenters. The van der Waals surface area contributed by atoms with Gasteiger partial charge in [-0.25, -0.2) is 4.90 Å². The van der Waals surface area contributed by atoms with Gasteiger partial charge in [0.1, 0.15) is 6.34 Å². The van der Waals surface area contributed by atoms with Crippen LogP contribution in [0, 0.1) is 0 Å². The van der Waals surface area contributed by atoms with E-state index in [-0.39, 0.29) is 0 Å². The Morgan fingerprint density at radius 2 is 2.58 bits per heavy atom. The first-order valence-corrected chi connectivity index (χ1v) is 3.54. The van der Waals surface area contributed by atoms with Crippen LogP contribution in [0.3, 0.4) is 0 Å². The lowest BCUT2D eigenvalue weighted by Gasteiger charge is -2.18. The van der Waals surface area contributed by atoms with Crippen LogP contribution in [0.1, 0.15) is 0 Å². The van der Waals surface area contributed by atoms with E-state index >= 15 is 0 Å². The predicted octanol–water partition coefficient (Wildman–Crippen LogP) is -0.632. The molecule has 6 nitrogen and oxygen atoms in total. The van der Waals surface area contributed by atoms with Gasteiger partial charge in [-0.3, -0.25) is 0 Å². The molecule has 62 valence electrons. The minimum absolute atomic E-state index is 0.623. The average Bonchev–Trinajstić information content (AvgIpc) is 2.71. The zero-order valence-corrected chi connectivity index (χ0v) is 6.07. The highest BCUT2D eigenvalue weighted by Gasteiger charge is 2.31. The molecule has 0 spiro atoms. The molecule has 0 fully saturated rings. The van der Waals surface area contributed by atoms with E-state index in [4.69, 9.17) is 9.68 Å². The summed E-state index contributed by atoms with van der Waals surface area (Å²) in [6.45, 7) is 0.670. The molecule has 0 unspecified atom stereocenters. The molecule has 0 saturated carbocycles. The molecular weight excluding hydrogens is 160 g/mol. The normalized spacial score (nSPS) is 24.0. The van der Waals surface area contributed by atoms with Gasteiger partial charge in [0.05, 0.1) is 18.4 Å². The van der Waals surface area contributed by atoms with Crippen molar-refractivity contribution in [3.63, 3.8) is 0 Å². The molecule has 0 aromatic heterocycles. The van der Waals surface area contributed by atoms with Crippen LogP contribution < -0.4 is 10.8 Å². The second-order valence-electron chi connectivity index (χ2n) is 2.52. The summed E-state index contributed by atoms with van der Waals surface area (Å²) < 4.78 is 0. The quantitative estimate of drug-likeness (QED) is 0.501. The van der Waals surface area contributed by atoms with Gasteiger partial charge in [0, 0.05) is 0 Å².